The highest BCUT2D eigenvalue weighted by molar-refractivity contribution is 7.22. The van der Waals surface area contributed by atoms with Gasteiger partial charge in [0.2, 0.25) is 5.91 Å². The van der Waals surface area contributed by atoms with Crippen LogP contribution in [0.1, 0.15) is 0 Å². The van der Waals surface area contributed by atoms with E-state index in [-0.39, 0.29) is 11.8 Å². The molecule has 0 bridgehead atoms. The minimum atomic E-state index is -0.0773. The molecule has 1 aromatic heterocycles. The van der Waals surface area contributed by atoms with Crippen LogP contribution < -0.4 is 15.1 Å². The van der Waals surface area contributed by atoms with E-state index in [4.69, 9.17) is 4.74 Å². The molecule has 1 saturated heterocycles. The number of rotatable bonds is 4. The number of nitrogens with one attached hydrogen (secondary N) is 1. The lowest BCUT2D eigenvalue weighted by Gasteiger charge is -2.37. The van der Waals surface area contributed by atoms with Gasteiger partial charge in [-0.25, -0.2) is 10.5 Å². The van der Waals surface area contributed by atoms with Crippen molar-refractivity contribution in [2.24, 2.45) is 5.92 Å². The average molecular weight is 293 g/mol. The topological polar surface area (TPSA) is 63.7 Å². The molecular weight excluding hydrogens is 278 g/mol. The zero-order chi connectivity index (χ0) is 14.1. The van der Waals surface area contributed by atoms with Crippen LogP contribution in [0.2, 0.25) is 0 Å². The molecule has 1 aliphatic rings. The van der Waals surface area contributed by atoms with Gasteiger partial charge in [0.15, 0.2) is 5.13 Å². The van der Waals surface area contributed by atoms with Crippen LogP contribution in [-0.2, 0) is 9.63 Å². The van der Waals surface area contributed by atoms with Gasteiger partial charge in [-0.2, -0.15) is 0 Å². The second-order valence-corrected chi connectivity index (χ2v) is 5.61. The van der Waals surface area contributed by atoms with Crippen molar-refractivity contribution in [2.75, 3.05) is 32.2 Å². The van der Waals surface area contributed by atoms with Crippen molar-refractivity contribution in [2.45, 2.75) is 0 Å². The number of fused-ring (bicyclic) bond motifs is 1. The Morgan fingerprint density at radius 2 is 2.25 bits per heavy atom. The maximum absolute atomic E-state index is 11.6. The van der Waals surface area contributed by atoms with E-state index in [1.165, 1.54) is 7.11 Å². The number of carbonyl (C=O) groups excluding carboxylic acids is 1. The van der Waals surface area contributed by atoms with Gasteiger partial charge in [0.25, 0.3) is 0 Å². The fraction of sp³-hybridized carbons (Fsp3) is 0.385. The lowest BCUT2D eigenvalue weighted by atomic mass is 10.0. The van der Waals surface area contributed by atoms with E-state index in [0.29, 0.717) is 13.1 Å². The van der Waals surface area contributed by atoms with Gasteiger partial charge in [-0.15, -0.1) is 0 Å². The molecule has 0 aliphatic carbocycles. The number of anilines is 1. The van der Waals surface area contributed by atoms with Crippen LogP contribution in [0.5, 0.6) is 5.75 Å². The third kappa shape index (κ3) is 2.30. The number of hydroxylamine groups is 1. The van der Waals surface area contributed by atoms with Gasteiger partial charge in [0, 0.05) is 13.1 Å². The van der Waals surface area contributed by atoms with Crippen LogP contribution in [0, 0.1) is 5.92 Å². The largest absolute Gasteiger partial charge is 0.497 e. The molecule has 6 nitrogen and oxygen atoms in total. The van der Waals surface area contributed by atoms with E-state index in [1.54, 1.807) is 18.4 Å². The summed E-state index contributed by atoms with van der Waals surface area (Å²) in [7, 11) is 3.09. The number of aromatic nitrogens is 1. The molecule has 3 rings (SSSR count). The molecule has 0 radical (unpaired) electrons. The number of amides is 1. The van der Waals surface area contributed by atoms with Crippen LogP contribution in [0.3, 0.4) is 0 Å². The van der Waals surface area contributed by atoms with Crippen LogP contribution in [0.15, 0.2) is 18.2 Å². The molecule has 2 aromatic rings. The second-order valence-electron chi connectivity index (χ2n) is 4.60. The predicted octanol–water partition coefficient (Wildman–Crippen LogP) is 1.42. The van der Waals surface area contributed by atoms with Crippen molar-refractivity contribution >= 4 is 32.6 Å². The molecule has 20 heavy (non-hydrogen) atoms. The maximum Gasteiger partial charge on any atom is 0.250 e. The second kappa shape index (κ2) is 5.26. The smallest absolute Gasteiger partial charge is 0.250 e. The van der Waals surface area contributed by atoms with Crippen molar-refractivity contribution in [1.82, 2.24) is 10.5 Å². The Kier molecular flexibility index (Phi) is 3.45. The fourth-order valence-electron chi connectivity index (χ4n) is 2.14. The molecule has 1 N–H and O–H groups in total. The van der Waals surface area contributed by atoms with Crippen LogP contribution in [0.25, 0.3) is 10.2 Å². The van der Waals surface area contributed by atoms with Gasteiger partial charge in [-0.05, 0) is 18.2 Å². The first-order valence-electron chi connectivity index (χ1n) is 6.23. The third-order valence-electron chi connectivity index (χ3n) is 3.31. The monoisotopic (exact) mass is 293 g/mol. The Morgan fingerprint density at radius 1 is 1.45 bits per heavy atom. The highest BCUT2D eigenvalue weighted by Gasteiger charge is 2.34. The minimum Gasteiger partial charge on any atom is -0.497 e. The molecule has 7 heteroatoms. The molecule has 1 fully saturated rings. The quantitative estimate of drug-likeness (QED) is 0.864. The first-order chi connectivity index (χ1) is 9.71. The van der Waals surface area contributed by atoms with Gasteiger partial charge in [-0.1, -0.05) is 11.3 Å². The highest BCUT2D eigenvalue weighted by Crippen LogP contribution is 2.34. The molecule has 1 aromatic carbocycles. The fourth-order valence-corrected chi connectivity index (χ4v) is 3.15. The van der Waals surface area contributed by atoms with Crippen LogP contribution >= 0.6 is 11.3 Å². The lowest BCUT2D eigenvalue weighted by molar-refractivity contribution is -0.136. The number of thiazole rings is 1. The van der Waals surface area contributed by atoms with Crippen LogP contribution in [0.4, 0.5) is 5.13 Å². The molecule has 0 atom stereocenters. The first kappa shape index (κ1) is 13.1. The summed E-state index contributed by atoms with van der Waals surface area (Å²) in [5.41, 5.74) is 3.32. The molecule has 0 spiro atoms. The van der Waals surface area contributed by atoms with E-state index in [9.17, 15) is 4.79 Å². The number of nitrogens with zero attached hydrogens (tertiary/aromatic N) is 2. The Labute approximate surface area is 120 Å². The zero-order valence-corrected chi connectivity index (χ0v) is 12.1. The van der Waals surface area contributed by atoms with Gasteiger partial charge in [0.1, 0.15) is 5.75 Å². The average Bonchev–Trinajstić information content (AvgIpc) is 2.79. The summed E-state index contributed by atoms with van der Waals surface area (Å²) in [6, 6.07) is 5.82. The van der Waals surface area contributed by atoms with Gasteiger partial charge in [0.05, 0.1) is 30.4 Å². The normalized spacial score (nSPS) is 15.2. The van der Waals surface area contributed by atoms with E-state index in [2.05, 4.69) is 20.2 Å². The first-order valence-corrected chi connectivity index (χ1v) is 7.05. The molecule has 106 valence electrons. The molecule has 1 aliphatic heterocycles. The molecule has 0 unspecified atom stereocenters. The molecular formula is C13H15N3O3S. The molecule has 1 amide bonds. The number of benzene rings is 1. The standard InChI is InChI=1S/C13H15N3O3S/c1-18-9-3-4-10-11(5-9)20-13(14-10)16-6-8(7-16)12(17)15-19-2/h3-5,8H,6-7H2,1-2H3,(H,15,17). The summed E-state index contributed by atoms with van der Waals surface area (Å²) in [5.74, 6) is 0.719. The van der Waals surface area contributed by atoms with E-state index in [0.717, 1.165) is 21.1 Å². The molecule has 0 saturated carbocycles. The van der Waals surface area contributed by atoms with E-state index < -0.39 is 0 Å². The molecule has 2 heterocycles. The number of carbonyl (C=O) groups is 1. The Hall–Kier alpha value is -1.86. The van der Waals surface area contributed by atoms with E-state index >= 15 is 0 Å². The summed E-state index contributed by atoms with van der Waals surface area (Å²) in [6.07, 6.45) is 0. The maximum atomic E-state index is 11.6. The summed E-state index contributed by atoms with van der Waals surface area (Å²) >= 11 is 1.61. The summed E-state index contributed by atoms with van der Waals surface area (Å²) < 4.78 is 6.29. The van der Waals surface area contributed by atoms with Crippen molar-refractivity contribution < 1.29 is 14.4 Å². The zero-order valence-electron chi connectivity index (χ0n) is 11.3. The predicted molar refractivity (Wildman–Crippen MR) is 77.0 cm³/mol. The van der Waals surface area contributed by atoms with Crippen LogP contribution in [-0.4, -0.2) is 38.2 Å². The van der Waals surface area contributed by atoms with Gasteiger partial charge in [-0.3, -0.25) is 9.63 Å². The number of methoxy groups -OCH3 is 1. The number of hydrogen-bond acceptors (Lipinski definition) is 6. The van der Waals surface area contributed by atoms with Crippen molar-refractivity contribution in [3.63, 3.8) is 0 Å². The number of ether oxygens (including phenoxy) is 1. The van der Waals surface area contributed by atoms with Gasteiger partial charge < -0.3 is 9.64 Å². The van der Waals surface area contributed by atoms with Crippen molar-refractivity contribution in [3.05, 3.63) is 18.2 Å². The third-order valence-corrected chi connectivity index (χ3v) is 4.39. The Balaban J connectivity index is 1.72. The lowest BCUT2D eigenvalue weighted by Crippen LogP contribution is -2.53. The van der Waals surface area contributed by atoms with E-state index in [1.807, 2.05) is 18.2 Å². The number of hydrogen-bond donors (Lipinski definition) is 1. The Morgan fingerprint density at radius 3 is 2.95 bits per heavy atom. The van der Waals surface area contributed by atoms with Crippen molar-refractivity contribution in [1.29, 1.82) is 0 Å². The minimum absolute atomic E-state index is 0.0310. The van der Waals surface area contributed by atoms with Gasteiger partial charge >= 0.3 is 0 Å². The van der Waals surface area contributed by atoms with Crippen molar-refractivity contribution in [3.8, 4) is 5.75 Å². The summed E-state index contributed by atoms with van der Waals surface area (Å²) in [6.45, 7) is 1.35. The SMILES string of the molecule is CONC(=O)C1CN(c2nc3ccc(OC)cc3s2)C1. The Bertz CT molecular complexity index is 637. The highest BCUT2D eigenvalue weighted by atomic mass is 32.1. The summed E-state index contributed by atoms with van der Waals surface area (Å²) in [4.78, 5) is 22.9. The summed E-state index contributed by atoms with van der Waals surface area (Å²) in [5, 5.41) is 0.940.